The molecular weight excluding hydrogens is 426 g/mol. The lowest BCUT2D eigenvalue weighted by Crippen LogP contribution is -2.15. The Hall–Kier alpha value is -3.57. The van der Waals surface area contributed by atoms with Crippen LogP contribution in [0.5, 0.6) is 0 Å². The quantitative estimate of drug-likeness (QED) is 0.179. The largest absolute Gasteiger partial charge is 0.320 e. The second kappa shape index (κ2) is 10.3. The van der Waals surface area contributed by atoms with Crippen LogP contribution in [0.1, 0.15) is 5.56 Å². The Morgan fingerprint density at radius 3 is 2.57 bits per heavy atom. The molecule has 0 aliphatic heterocycles. The van der Waals surface area contributed by atoms with Crippen LogP contribution >= 0.6 is 23.1 Å². The smallest absolute Gasteiger partial charge is 0.292 e. The number of carbonyl (C=O) groups excluding carboxylic acids is 2. The number of rotatable bonds is 8. The topological polar surface area (TPSA) is 127 Å². The van der Waals surface area contributed by atoms with Crippen LogP contribution in [0.15, 0.2) is 65.0 Å². The number of nitro benzene ring substituents is 1. The number of anilines is 2. The molecule has 0 fully saturated rings. The van der Waals surface area contributed by atoms with Gasteiger partial charge >= 0.3 is 0 Å². The Balaban J connectivity index is 1.50. The number of aromatic nitrogens is 2. The maximum Gasteiger partial charge on any atom is 0.292 e. The lowest BCUT2D eigenvalue weighted by molar-refractivity contribution is -0.383. The van der Waals surface area contributed by atoms with E-state index in [0.29, 0.717) is 9.47 Å². The third-order valence-electron chi connectivity index (χ3n) is 3.56. The van der Waals surface area contributed by atoms with Crippen molar-refractivity contribution in [2.45, 2.75) is 4.34 Å². The van der Waals surface area contributed by atoms with Gasteiger partial charge < -0.3 is 5.32 Å². The van der Waals surface area contributed by atoms with Gasteiger partial charge in [-0.05, 0) is 17.7 Å². The van der Waals surface area contributed by atoms with Crippen molar-refractivity contribution in [3.8, 4) is 0 Å². The van der Waals surface area contributed by atoms with Gasteiger partial charge in [0.2, 0.25) is 16.9 Å². The summed E-state index contributed by atoms with van der Waals surface area (Å²) in [5.74, 6) is -0.774. The summed E-state index contributed by atoms with van der Waals surface area (Å²) < 4.78 is 0.482. The van der Waals surface area contributed by atoms with E-state index in [-0.39, 0.29) is 23.0 Å². The highest BCUT2D eigenvalue weighted by Gasteiger charge is 2.15. The second-order valence-electron chi connectivity index (χ2n) is 5.72. The molecule has 30 heavy (non-hydrogen) atoms. The minimum Gasteiger partial charge on any atom is -0.320 e. The van der Waals surface area contributed by atoms with Crippen molar-refractivity contribution in [1.29, 1.82) is 0 Å². The highest BCUT2D eigenvalue weighted by Crippen LogP contribution is 2.27. The zero-order valence-corrected chi connectivity index (χ0v) is 17.0. The molecule has 0 bridgehead atoms. The van der Waals surface area contributed by atoms with E-state index in [2.05, 4.69) is 20.8 Å². The van der Waals surface area contributed by atoms with Crippen LogP contribution in [0.4, 0.5) is 16.5 Å². The first-order valence-corrected chi connectivity index (χ1v) is 10.3. The number of para-hydroxylation sites is 2. The molecule has 0 unspecified atom stereocenters. The summed E-state index contributed by atoms with van der Waals surface area (Å²) in [7, 11) is 0. The normalized spacial score (nSPS) is 10.7. The van der Waals surface area contributed by atoms with Gasteiger partial charge in [-0.1, -0.05) is 65.6 Å². The first-order valence-electron chi connectivity index (χ1n) is 8.55. The standard InChI is InChI=1S/C19H15N5O4S2/c25-16(11-10-13-6-2-1-3-7-13)21-18-22-23-19(30-18)29-12-17(26)20-14-8-4-5-9-15(14)24(27)28/h1-11H,12H2,(H,20,26)(H,21,22,25). The predicted molar refractivity (Wildman–Crippen MR) is 116 cm³/mol. The molecule has 0 saturated carbocycles. The van der Waals surface area contributed by atoms with Crippen LogP contribution < -0.4 is 10.6 Å². The van der Waals surface area contributed by atoms with Gasteiger partial charge in [0.1, 0.15) is 5.69 Å². The van der Waals surface area contributed by atoms with Crippen molar-refractivity contribution in [2.75, 3.05) is 16.4 Å². The molecule has 3 aromatic rings. The Morgan fingerprint density at radius 1 is 1.07 bits per heavy atom. The monoisotopic (exact) mass is 441 g/mol. The van der Waals surface area contributed by atoms with Crippen LogP contribution in [0.3, 0.4) is 0 Å². The Labute approximate surface area is 179 Å². The Bertz CT molecular complexity index is 1090. The minimum absolute atomic E-state index is 0.0114. The summed E-state index contributed by atoms with van der Waals surface area (Å²) >= 11 is 2.24. The van der Waals surface area contributed by atoms with Crippen LogP contribution in [0, 0.1) is 10.1 Å². The average Bonchev–Trinajstić information content (AvgIpc) is 3.19. The fourth-order valence-electron chi connectivity index (χ4n) is 2.25. The maximum absolute atomic E-state index is 12.1. The van der Waals surface area contributed by atoms with E-state index >= 15 is 0 Å². The van der Waals surface area contributed by atoms with Gasteiger partial charge in [0.15, 0.2) is 4.34 Å². The second-order valence-corrected chi connectivity index (χ2v) is 7.92. The average molecular weight is 441 g/mol. The van der Waals surface area contributed by atoms with Crippen LogP contribution in [0.2, 0.25) is 0 Å². The Kier molecular flexibility index (Phi) is 7.24. The summed E-state index contributed by atoms with van der Waals surface area (Å²) in [4.78, 5) is 34.5. The summed E-state index contributed by atoms with van der Waals surface area (Å²) in [6, 6.07) is 15.3. The van der Waals surface area contributed by atoms with E-state index in [1.54, 1.807) is 12.1 Å². The first-order chi connectivity index (χ1) is 14.5. The number of thioether (sulfide) groups is 1. The van der Waals surface area contributed by atoms with Crippen molar-refractivity contribution < 1.29 is 14.5 Å². The summed E-state index contributed by atoms with van der Waals surface area (Å²) in [5, 5.41) is 24.2. The lowest BCUT2D eigenvalue weighted by atomic mass is 10.2. The first kappa shape index (κ1) is 21.1. The molecule has 2 N–H and O–H groups in total. The molecule has 11 heteroatoms. The highest BCUT2D eigenvalue weighted by atomic mass is 32.2. The van der Waals surface area contributed by atoms with E-state index in [1.807, 2.05) is 30.3 Å². The molecule has 9 nitrogen and oxygen atoms in total. The molecule has 1 aromatic heterocycles. The molecule has 0 radical (unpaired) electrons. The summed E-state index contributed by atoms with van der Waals surface area (Å²) in [6.45, 7) is 0. The maximum atomic E-state index is 12.1. The SMILES string of the molecule is O=C(C=Cc1ccccc1)Nc1nnc(SCC(=O)Nc2ccccc2[N+](=O)[O-])s1. The molecule has 3 rings (SSSR count). The summed E-state index contributed by atoms with van der Waals surface area (Å²) in [6.07, 6.45) is 3.07. The molecule has 0 aliphatic rings. The molecule has 2 aromatic carbocycles. The fourth-order valence-corrected chi connectivity index (χ4v) is 3.81. The van der Waals surface area contributed by atoms with E-state index < -0.39 is 10.8 Å². The Morgan fingerprint density at radius 2 is 1.80 bits per heavy atom. The number of hydrogen-bond donors (Lipinski definition) is 2. The fraction of sp³-hybridized carbons (Fsp3) is 0.0526. The number of nitrogens with one attached hydrogen (secondary N) is 2. The van der Waals surface area contributed by atoms with Gasteiger partial charge in [0, 0.05) is 12.1 Å². The number of nitrogens with zero attached hydrogens (tertiary/aromatic N) is 3. The van der Waals surface area contributed by atoms with Crippen molar-refractivity contribution in [3.63, 3.8) is 0 Å². The highest BCUT2D eigenvalue weighted by molar-refractivity contribution is 8.01. The van der Waals surface area contributed by atoms with Gasteiger partial charge in [-0.25, -0.2) is 0 Å². The lowest BCUT2D eigenvalue weighted by Gasteiger charge is -2.04. The number of hydrogen-bond acceptors (Lipinski definition) is 8. The molecule has 0 saturated heterocycles. The van der Waals surface area contributed by atoms with Gasteiger partial charge in [0.25, 0.3) is 5.69 Å². The van der Waals surface area contributed by atoms with Gasteiger partial charge in [-0.3, -0.25) is 25.0 Å². The van der Waals surface area contributed by atoms with Gasteiger partial charge in [0.05, 0.1) is 10.7 Å². The molecule has 0 spiro atoms. The van der Waals surface area contributed by atoms with Crippen LogP contribution in [0.25, 0.3) is 6.08 Å². The zero-order valence-electron chi connectivity index (χ0n) is 15.3. The molecule has 1 heterocycles. The van der Waals surface area contributed by atoms with Crippen LogP contribution in [-0.4, -0.2) is 32.7 Å². The van der Waals surface area contributed by atoms with Gasteiger partial charge in [-0.2, -0.15) is 0 Å². The minimum atomic E-state index is -0.561. The number of amides is 2. The summed E-state index contributed by atoms with van der Waals surface area (Å²) in [5.41, 5.74) is 0.842. The van der Waals surface area contributed by atoms with Crippen molar-refractivity contribution in [1.82, 2.24) is 10.2 Å². The van der Waals surface area contributed by atoms with Crippen molar-refractivity contribution >= 4 is 57.5 Å². The van der Waals surface area contributed by atoms with E-state index in [4.69, 9.17) is 0 Å². The van der Waals surface area contributed by atoms with Crippen molar-refractivity contribution in [2.24, 2.45) is 0 Å². The van der Waals surface area contributed by atoms with E-state index in [0.717, 1.165) is 28.7 Å². The van der Waals surface area contributed by atoms with Crippen LogP contribution in [-0.2, 0) is 9.59 Å². The molecule has 0 aliphatic carbocycles. The molecule has 152 valence electrons. The van der Waals surface area contributed by atoms with E-state index in [9.17, 15) is 19.7 Å². The number of nitro groups is 1. The molecular formula is C19H15N5O4S2. The number of benzene rings is 2. The molecule has 2 amide bonds. The zero-order chi connectivity index (χ0) is 21.3. The van der Waals surface area contributed by atoms with Gasteiger partial charge in [-0.15, -0.1) is 10.2 Å². The third kappa shape index (κ3) is 6.22. The predicted octanol–water partition coefficient (Wildman–Crippen LogP) is 3.83. The van der Waals surface area contributed by atoms with E-state index in [1.165, 1.54) is 24.3 Å². The molecule has 0 atom stereocenters. The number of carbonyl (C=O) groups is 2. The third-order valence-corrected chi connectivity index (χ3v) is 5.54. The van der Waals surface area contributed by atoms with Crippen molar-refractivity contribution in [3.05, 3.63) is 76.4 Å².